The van der Waals surface area contributed by atoms with Crippen molar-refractivity contribution in [3.63, 3.8) is 0 Å². The summed E-state index contributed by atoms with van der Waals surface area (Å²) in [6.45, 7) is 1.44. The first kappa shape index (κ1) is 10.9. The standard InChI is InChI=1S/C11H13NO4S/c13-17(14,9-3-4-12-6-9)8-1-2-10-11(5-8)16-7-15-10/h1-2,5,9,12H,3-4,6-7H2. The normalized spacial score (nSPS) is 22.9. The molecule has 5 nitrogen and oxygen atoms in total. The number of rotatable bonds is 2. The molecule has 1 unspecified atom stereocenters. The lowest BCUT2D eigenvalue weighted by molar-refractivity contribution is 0.174. The van der Waals surface area contributed by atoms with Crippen LogP contribution in [0.5, 0.6) is 11.5 Å². The number of ether oxygens (including phenoxy) is 2. The highest BCUT2D eigenvalue weighted by Gasteiger charge is 2.31. The van der Waals surface area contributed by atoms with Crippen LogP contribution in [0.25, 0.3) is 0 Å². The molecule has 3 rings (SSSR count). The molecule has 0 aromatic heterocycles. The Morgan fingerprint density at radius 3 is 2.82 bits per heavy atom. The number of hydrogen-bond donors (Lipinski definition) is 1. The van der Waals surface area contributed by atoms with Crippen molar-refractivity contribution >= 4 is 9.84 Å². The van der Waals surface area contributed by atoms with Crippen molar-refractivity contribution < 1.29 is 17.9 Å². The minimum atomic E-state index is -3.26. The first-order valence-corrected chi connectivity index (χ1v) is 7.07. The number of benzene rings is 1. The van der Waals surface area contributed by atoms with Gasteiger partial charge in [0.2, 0.25) is 6.79 Å². The maximum atomic E-state index is 12.3. The highest BCUT2D eigenvalue weighted by Crippen LogP contribution is 2.35. The fourth-order valence-corrected chi connectivity index (χ4v) is 3.82. The molecule has 1 saturated heterocycles. The molecule has 0 amide bonds. The van der Waals surface area contributed by atoms with Crippen molar-refractivity contribution in [3.8, 4) is 11.5 Å². The molecular formula is C11H13NO4S. The minimum Gasteiger partial charge on any atom is -0.454 e. The average Bonchev–Trinajstić information content (AvgIpc) is 2.99. The van der Waals surface area contributed by atoms with Crippen LogP contribution in [-0.4, -0.2) is 33.6 Å². The summed E-state index contributed by atoms with van der Waals surface area (Å²) in [5.74, 6) is 1.12. The molecule has 2 aliphatic rings. The SMILES string of the molecule is O=S(=O)(c1ccc2c(c1)OCO2)C1CCNC1. The second-order valence-electron chi connectivity index (χ2n) is 4.17. The van der Waals surface area contributed by atoms with Crippen molar-refractivity contribution in [3.05, 3.63) is 18.2 Å². The molecule has 2 aliphatic heterocycles. The van der Waals surface area contributed by atoms with E-state index >= 15 is 0 Å². The third-order valence-corrected chi connectivity index (χ3v) is 5.32. The van der Waals surface area contributed by atoms with Gasteiger partial charge in [-0.2, -0.15) is 0 Å². The fraction of sp³-hybridized carbons (Fsp3) is 0.455. The summed E-state index contributed by atoms with van der Waals surface area (Å²) >= 11 is 0. The van der Waals surface area contributed by atoms with Gasteiger partial charge in [-0.1, -0.05) is 0 Å². The predicted octanol–water partition coefficient (Wildman–Crippen LogP) is 0.551. The Bertz CT molecular complexity index is 534. The van der Waals surface area contributed by atoms with Crippen molar-refractivity contribution in [1.29, 1.82) is 0 Å². The van der Waals surface area contributed by atoms with E-state index in [0.29, 0.717) is 29.4 Å². The van der Waals surface area contributed by atoms with E-state index in [1.54, 1.807) is 18.2 Å². The molecule has 17 heavy (non-hydrogen) atoms. The zero-order chi connectivity index (χ0) is 11.9. The Hall–Kier alpha value is -1.27. The van der Waals surface area contributed by atoms with E-state index < -0.39 is 9.84 Å². The Labute approximate surface area is 99.6 Å². The summed E-state index contributed by atoms with van der Waals surface area (Å²) in [5.41, 5.74) is 0. The Balaban J connectivity index is 1.98. The smallest absolute Gasteiger partial charge is 0.231 e. The minimum absolute atomic E-state index is 0.157. The van der Waals surface area contributed by atoms with Crippen LogP contribution in [0.4, 0.5) is 0 Å². The van der Waals surface area contributed by atoms with Gasteiger partial charge in [-0.25, -0.2) is 8.42 Å². The second-order valence-corrected chi connectivity index (χ2v) is 6.40. The van der Waals surface area contributed by atoms with Gasteiger partial charge in [0.15, 0.2) is 21.3 Å². The fourth-order valence-electron chi connectivity index (χ4n) is 2.14. The number of fused-ring (bicyclic) bond motifs is 1. The summed E-state index contributed by atoms with van der Waals surface area (Å²) in [7, 11) is -3.26. The van der Waals surface area contributed by atoms with Crippen LogP contribution in [-0.2, 0) is 9.84 Å². The molecule has 1 fully saturated rings. The van der Waals surface area contributed by atoms with Gasteiger partial charge >= 0.3 is 0 Å². The lowest BCUT2D eigenvalue weighted by atomic mass is 10.3. The van der Waals surface area contributed by atoms with Gasteiger partial charge in [0.1, 0.15) is 0 Å². The Morgan fingerprint density at radius 2 is 2.06 bits per heavy atom. The zero-order valence-electron chi connectivity index (χ0n) is 9.18. The van der Waals surface area contributed by atoms with Crippen LogP contribution in [0, 0.1) is 0 Å². The van der Waals surface area contributed by atoms with E-state index in [4.69, 9.17) is 9.47 Å². The van der Waals surface area contributed by atoms with Crippen LogP contribution in [0.2, 0.25) is 0 Å². The molecule has 0 radical (unpaired) electrons. The monoisotopic (exact) mass is 255 g/mol. The molecule has 1 aromatic rings. The summed E-state index contributed by atoms with van der Waals surface area (Å²) in [5, 5.41) is 2.73. The Morgan fingerprint density at radius 1 is 1.24 bits per heavy atom. The largest absolute Gasteiger partial charge is 0.454 e. The highest BCUT2D eigenvalue weighted by molar-refractivity contribution is 7.92. The van der Waals surface area contributed by atoms with E-state index in [2.05, 4.69) is 5.32 Å². The van der Waals surface area contributed by atoms with Crippen LogP contribution in [0.15, 0.2) is 23.1 Å². The van der Waals surface area contributed by atoms with Crippen molar-refractivity contribution in [2.24, 2.45) is 0 Å². The lowest BCUT2D eigenvalue weighted by Gasteiger charge is -2.10. The maximum absolute atomic E-state index is 12.3. The second kappa shape index (κ2) is 3.89. The highest BCUT2D eigenvalue weighted by atomic mass is 32.2. The number of nitrogens with one attached hydrogen (secondary N) is 1. The van der Waals surface area contributed by atoms with Crippen LogP contribution in [0.3, 0.4) is 0 Å². The topological polar surface area (TPSA) is 64.6 Å². The van der Waals surface area contributed by atoms with Gasteiger partial charge in [0, 0.05) is 12.6 Å². The molecule has 2 heterocycles. The molecule has 0 bridgehead atoms. The summed E-state index contributed by atoms with van der Waals surface area (Å²) < 4.78 is 35.0. The molecule has 1 aromatic carbocycles. The van der Waals surface area contributed by atoms with Crippen LogP contribution < -0.4 is 14.8 Å². The number of sulfone groups is 1. The van der Waals surface area contributed by atoms with Gasteiger partial charge in [0.25, 0.3) is 0 Å². The molecule has 0 spiro atoms. The van der Waals surface area contributed by atoms with E-state index in [-0.39, 0.29) is 12.0 Å². The first-order chi connectivity index (χ1) is 8.18. The Kier molecular flexibility index (Phi) is 2.48. The van der Waals surface area contributed by atoms with E-state index in [0.717, 1.165) is 6.54 Å². The van der Waals surface area contributed by atoms with Crippen molar-refractivity contribution in [1.82, 2.24) is 5.32 Å². The molecule has 0 aliphatic carbocycles. The molecule has 1 N–H and O–H groups in total. The van der Waals surface area contributed by atoms with Gasteiger partial charge < -0.3 is 14.8 Å². The van der Waals surface area contributed by atoms with Crippen LogP contribution >= 0.6 is 0 Å². The van der Waals surface area contributed by atoms with E-state index in [1.807, 2.05) is 0 Å². The van der Waals surface area contributed by atoms with Crippen molar-refractivity contribution in [2.75, 3.05) is 19.9 Å². The first-order valence-electron chi connectivity index (χ1n) is 5.52. The molecular weight excluding hydrogens is 242 g/mol. The quantitative estimate of drug-likeness (QED) is 0.836. The third kappa shape index (κ3) is 1.77. The third-order valence-electron chi connectivity index (χ3n) is 3.13. The van der Waals surface area contributed by atoms with E-state index in [9.17, 15) is 8.42 Å². The van der Waals surface area contributed by atoms with Gasteiger partial charge in [0.05, 0.1) is 10.1 Å². The van der Waals surface area contributed by atoms with E-state index in [1.165, 1.54) is 0 Å². The summed E-state index contributed by atoms with van der Waals surface area (Å²) in [6.07, 6.45) is 0.663. The van der Waals surface area contributed by atoms with Gasteiger partial charge in [-0.3, -0.25) is 0 Å². The molecule has 1 atom stereocenters. The summed E-state index contributed by atoms with van der Waals surface area (Å²) in [4.78, 5) is 0.315. The summed E-state index contributed by atoms with van der Waals surface area (Å²) in [6, 6.07) is 4.79. The van der Waals surface area contributed by atoms with Crippen LogP contribution in [0.1, 0.15) is 6.42 Å². The zero-order valence-corrected chi connectivity index (χ0v) is 10.00. The lowest BCUT2D eigenvalue weighted by Crippen LogP contribution is -2.23. The molecule has 6 heteroatoms. The van der Waals surface area contributed by atoms with Gasteiger partial charge in [-0.05, 0) is 25.1 Å². The average molecular weight is 255 g/mol. The number of hydrogen-bond acceptors (Lipinski definition) is 5. The molecule has 92 valence electrons. The van der Waals surface area contributed by atoms with Crippen molar-refractivity contribution in [2.45, 2.75) is 16.6 Å². The van der Waals surface area contributed by atoms with Gasteiger partial charge in [-0.15, -0.1) is 0 Å². The predicted molar refractivity (Wildman–Crippen MR) is 61.0 cm³/mol. The molecule has 0 saturated carbocycles. The maximum Gasteiger partial charge on any atom is 0.231 e.